The average Bonchev–Trinajstić information content (AvgIpc) is 3.04. The van der Waals surface area contributed by atoms with Crippen molar-refractivity contribution in [2.24, 2.45) is 0 Å². The zero-order valence-corrected chi connectivity index (χ0v) is 16.4. The molecule has 0 atom stereocenters. The van der Waals surface area contributed by atoms with Crippen molar-refractivity contribution in [2.75, 3.05) is 6.79 Å². The minimum Gasteiger partial charge on any atom is -0.454 e. The largest absolute Gasteiger partial charge is 0.454 e. The summed E-state index contributed by atoms with van der Waals surface area (Å²) in [6.07, 6.45) is 2.41. The summed E-state index contributed by atoms with van der Waals surface area (Å²) in [5, 5.41) is 12.0. The molecule has 5 rings (SSSR count). The average molecular weight is 436 g/mol. The van der Waals surface area contributed by atoms with Gasteiger partial charge in [0.25, 0.3) is 0 Å². The second-order valence-corrected chi connectivity index (χ2v) is 8.71. The lowest BCUT2D eigenvalue weighted by atomic mass is 10.2. The molecule has 5 nitrogen and oxygen atoms in total. The summed E-state index contributed by atoms with van der Waals surface area (Å²) in [6, 6.07) is 8.71. The number of aromatic nitrogens is 3. The topological polar surface area (TPSA) is 49.2 Å². The van der Waals surface area contributed by atoms with Crippen molar-refractivity contribution in [1.29, 1.82) is 0 Å². The van der Waals surface area contributed by atoms with Crippen LogP contribution in [0.2, 0.25) is 0 Å². The highest BCUT2D eigenvalue weighted by Gasteiger charge is 2.30. The van der Waals surface area contributed by atoms with Gasteiger partial charge in [-0.15, -0.1) is 21.5 Å². The van der Waals surface area contributed by atoms with Gasteiger partial charge in [0.05, 0.1) is 4.88 Å². The van der Waals surface area contributed by atoms with Gasteiger partial charge in [0.15, 0.2) is 22.5 Å². The van der Waals surface area contributed by atoms with Gasteiger partial charge in [-0.25, -0.2) is 0 Å². The maximum Gasteiger partial charge on any atom is 0.231 e. The van der Waals surface area contributed by atoms with Gasteiger partial charge in [-0.05, 0) is 42.0 Å². The zero-order chi connectivity index (χ0) is 16.8. The van der Waals surface area contributed by atoms with E-state index in [4.69, 9.17) is 9.47 Å². The van der Waals surface area contributed by atoms with Gasteiger partial charge in [-0.1, -0.05) is 33.8 Å². The molecular weight excluding hydrogens is 422 g/mol. The second kappa shape index (κ2) is 6.34. The number of ether oxygens (including phenoxy) is 2. The van der Waals surface area contributed by atoms with Crippen LogP contribution in [0.4, 0.5) is 0 Å². The fourth-order valence-electron chi connectivity index (χ4n) is 2.82. The van der Waals surface area contributed by atoms with E-state index in [1.54, 1.807) is 23.1 Å². The number of nitrogens with zero attached hydrogens (tertiary/aromatic N) is 3. The van der Waals surface area contributed by atoms with Gasteiger partial charge in [-0.2, -0.15) is 0 Å². The van der Waals surface area contributed by atoms with E-state index in [9.17, 15) is 0 Å². The minimum absolute atomic E-state index is 0.290. The predicted octanol–water partition coefficient (Wildman–Crippen LogP) is 5.13. The lowest BCUT2D eigenvalue weighted by Crippen LogP contribution is -1.99. The molecule has 8 heteroatoms. The van der Waals surface area contributed by atoms with Gasteiger partial charge >= 0.3 is 0 Å². The first-order valence-electron chi connectivity index (χ1n) is 7.99. The first-order chi connectivity index (χ1) is 12.3. The molecule has 2 aromatic heterocycles. The van der Waals surface area contributed by atoms with E-state index in [-0.39, 0.29) is 0 Å². The molecule has 1 aromatic carbocycles. The van der Waals surface area contributed by atoms with Gasteiger partial charge in [-0.3, -0.25) is 4.57 Å². The number of thioether (sulfide) groups is 1. The molecule has 2 aliphatic rings. The monoisotopic (exact) mass is 435 g/mol. The van der Waals surface area contributed by atoms with Crippen LogP contribution in [0.3, 0.4) is 0 Å². The molecular formula is C17H14BrN3O2S2. The van der Waals surface area contributed by atoms with Crippen LogP contribution in [0.5, 0.6) is 11.5 Å². The van der Waals surface area contributed by atoms with Crippen LogP contribution >= 0.6 is 39.0 Å². The highest BCUT2D eigenvalue weighted by atomic mass is 79.9. The summed E-state index contributed by atoms with van der Waals surface area (Å²) in [7, 11) is 0. The lowest BCUT2D eigenvalue weighted by molar-refractivity contribution is 0.174. The van der Waals surface area contributed by atoms with Gasteiger partial charge in [0.1, 0.15) is 0 Å². The molecule has 0 saturated heterocycles. The van der Waals surface area contributed by atoms with Crippen molar-refractivity contribution in [1.82, 2.24) is 14.8 Å². The standard InChI is InChI=1S/C17H14BrN3O2S2/c18-12-7-14-13(22-9-23-14)6-10(12)8-25-17-20-19-16(15-2-1-5-24-15)21(17)11-3-4-11/h1-2,5-7,11H,3-4,8-9H2. The van der Waals surface area contributed by atoms with Crippen molar-refractivity contribution in [3.05, 3.63) is 39.7 Å². The minimum atomic E-state index is 0.290. The van der Waals surface area contributed by atoms with E-state index in [0.717, 1.165) is 38.3 Å². The summed E-state index contributed by atoms with van der Waals surface area (Å²) in [5.41, 5.74) is 1.16. The molecule has 0 radical (unpaired) electrons. The number of thiophene rings is 1. The summed E-state index contributed by atoms with van der Waals surface area (Å²) >= 11 is 7.05. The molecule has 0 unspecified atom stereocenters. The summed E-state index contributed by atoms with van der Waals surface area (Å²) in [5.74, 6) is 3.39. The normalized spacial score (nSPS) is 15.7. The first kappa shape index (κ1) is 15.7. The van der Waals surface area contributed by atoms with Crippen LogP contribution in [0.25, 0.3) is 10.7 Å². The summed E-state index contributed by atoms with van der Waals surface area (Å²) < 4.78 is 14.2. The lowest BCUT2D eigenvalue weighted by Gasteiger charge is -2.09. The van der Waals surface area contributed by atoms with Gasteiger partial charge < -0.3 is 9.47 Å². The van der Waals surface area contributed by atoms with Crippen molar-refractivity contribution in [3.8, 4) is 22.2 Å². The highest BCUT2D eigenvalue weighted by molar-refractivity contribution is 9.10. The fourth-order valence-corrected chi connectivity index (χ4v) is 5.17. The molecule has 25 heavy (non-hydrogen) atoms. The number of halogens is 1. The predicted molar refractivity (Wildman–Crippen MR) is 101 cm³/mol. The quantitative estimate of drug-likeness (QED) is 0.520. The molecule has 0 amide bonds. The van der Waals surface area contributed by atoms with Crippen LogP contribution < -0.4 is 9.47 Å². The molecule has 1 aliphatic carbocycles. The van der Waals surface area contributed by atoms with E-state index >= 15 is 0 Å². The molecule has 1 saturated carbocycles. The summed E-state index contributed by atoms with van der Waals surface area (Å²) in [4.78, 5) is 1.18. The summed E-state index contributed by atoms with van der Waals surface area (Å²) in [6.45, 7) is 0.290. The first-order valence-corrected chi connectivity index (χ1v) is 10.6. The SMILES string of the molecule is Brc1cc2c(cc1CSc1nnc(-c3cccs3)n1C1CC1)OCO2. The molecule has 3 heterocycles. The number of benzene rings is 1. The van der Waals surface area contributed by atoms with Crippen molar-refractivity contribution in [3.63, 3.8) is 0 Å². The van der Waals surface area contributed by atoms with Gasteiger partial charge in [0, 0.05) is 16.3 Å². The molecule has 0 spiro atoms. The number of hydrogen-bond donors (Lipinski definition) is 0. The Morgan fingerprint density at radius 1 is 1.24 bits per heavy atom. The smallest absolute Gasteiger partial charge is 0.231 e. The third-order valence-electron chi connectivity index (χ3n) is 4.22. The maximum absolute atomic E-state index is 5.49. The number of hydrogen-bond acceptors (Lipinski definition) is 6. The Hall–Kier alpha value is -1.51. The second-order valence-electron chi connectivity index (χ2n) is 5.97. The highest BCUT2D eigenvalue weighted by Crippen LogP contribution is 2.43. The zero-order valence-electron chi connectivity index (χ0n) is 13.1. The van der Waals surface area contributed by atoms with Crippen LogP contribution in [0.1, 0.15) is 24.4 Å². The Morgan fingerprint density at radius 2 is 2.08 bits per heavy atom. The molecule has 128 valence electrons. The van der Waals surface area contributed by atoms with E-state index in [1.807, 2.05) is 12.1 Å². The number of fused-ring (bicyclic) bond motifs is 1. The Labute approximate surface area is 161 Å². The van der Waals surface area contributed by atoms with Crippen LogP contribution in [0, 0.1) is 0 Å². The van der Waals surface area contributed by atoms with Crippen molar-refractivity contribution < 1.29 is 9.47 Å². The van der Waals surface area contributed by atoms with Crippen molar-refractivity contribution >= 4 is 39.0 Å². The molecule has 0 bridgehead atoms. The molecule has 1 aliphatic heterocycles. The Balaban J connectivity index is 1.42. The van der Waals surface area contributed by atoms with Crippen LogP contribution in [-0.4, -0.2) is 21.6 Å². The van der Waals surface area contributed by atoms with E-state index in [0.29, 0.717) is 12.8 Å². The molecule has 1 fully saturated rings. The van der Waals surface area contributed by atoms with E-state index in [2.05, 4.69) is 48.2 Å². The molecule has 0 N–H and O–H groups in total. The van der Waals surface area contributed by atoms with E-state index in [1.165, 1.54) is 17.7 Å². The molecule has 3 aromatic rings. The maximum atomic E-state index is 5.49. The van der Waals surface area contributed by atoms with Crippen LogP contribution in [-0.2, 0) is 5.75 Å². The fraction of sp³-hybridized carbons (Fsp3) is 0.294. The Bertz CT molecular complexity index is 922. The number of rotatable bonds is 5. The van der Waals surface area contributed by atoms with E-state index < -0.39 is 0 Å². The van der Waals surface area contributed by atoms with Crippen LogP contribution in [0.15, 0.2) is 39.3 Å². The van der Waals surface area contributed by atoms with Crippen molar-refractivity contribution in [2.45, 2.75) is 29.8 Å². The third kappa shape index (κ3) is 2.96. The van der Waals surface area contributed by atoms with Gasteiger partial charge in [0.2, 0.25) is 6.79 Å². The Kier molecular flexibility index (Phi) is 3.98. The Morgan fingerprint density at radius 3 is 2.84 bits per heavy atom. The third-order valence-corrected chi connectivity index (χ3v) is 6.81.